The maximum absolute atomic E-state index is 11.9. The Labute approximate surface area is 146 Å². The summed E-state index contributed by atoms with van der Waals surface area (Å²) < 4.78 is 4.90. The lowest BCUT2D eigenvalue weighted by atomic mass is 10.3. The van der Waals surface area contributed by atoms with Gasteiger partial charge in [0.1, 0.15) is 0 Å². The van der Waals surface area contributed by atoms with Crippen LogP contribution in [0.5, 0.6) is 0 Å². The van der Waals surface area contributed by atoms with Gasteiger partial charge in [-0.1, -0.05) is 23.2 Å². The quantitative estimate of drug-likeness (QED) is 0.660. The number of ether oxygens (including phenoxy) is 1. The molecule has 0 saturated carbocycles. The van der Waals surface area contributed by atoms with E-state index in [2.05, 4.69) is 10.6 Å². The number of amides is 2. The van der Waals surface area contributed by atoms with Gasteiger partial charge in [-0.25, -0.2) is 0 Å². The molecular weight excluding hydrogens is 341 g/mol. The summed E-state index contributed by atoms with van der Waals surface area (Å²) in [5.41, 5.74) is 0.485. The standard InChI is InChI=1S/C15H21Cl2N3O3/c1-20(9-14(21)18-6-3-7-23-2)10-15(22)19-13-5-4-11(16)8-12(13)17/h4-5,8H,3,6-7,9-10H2,1-2H3,(H,18,21)(H,19,22). The second-order valence-corrected chi connectivity index (χ2v) is 5.88. The van der Waals surface area contributed by atoms with E-state index in [1.165, 1.54) is 0 Å². The molecule has 2 amide bonds. The zero-order valence-corrected chi connectivity index (χ0v) is 14.7. The fourth-order valence-electron chi connectivity index (χ4n) is 1.83. The largest absolute Gasteiger partial charge is 0.385 e. The average Bonchev–Trinajstić information content (AvgIpc) is 2.46. The van der Waals surface area contributed by atoms with Crippen LogP contribution in [0.25, 0.3) is 0 Å². The van der Waals surface area contributed by atoms with Crippen LogP contribution < -0.4 is 10.6 Å². The molecule has 0 atom stereocenters. The van der Waals surface area contributed by atoms with E-state index in [9.17, 15) is 9.59 Å². The Hall–Kier alpha value is -1.34. The fraction of sp³-hybridized carbons (Fsp3) is 0.467. The Morgan fingerprint density at radius 3 is 2.57 bits per heavy atom. The minimum absolute atomic E-state index is 0.0739. The molecule has 0 bridgehead atoms. The Morgan fingerprint density at radius 2 is 1.91 bits per heavy atom. The molecule has 23 heavy (non-hydrogen) atoms. The third kappa shape index (κ3) is 8.18. The lowest BCUT2D eigenvalue weighted by Gasteiger charge is -2.16. The van der Waals surface area contributed by atoms with E-state index in [0.29, 0.717) is 28.9 Å². The molecule has 1 aromatic rings. The summed E-state index contributed by atoms with van der Waals surface area (Å²) in [6.07, 6.45) is 0.751. The van der Waals surface area contributed by atoms with Gasteiger partial charge < -0.3 is 15.4 Å². The molecule has 0 spiro atoms. The lowest BCUT2D eigenvalue weighted by molar-refractivity contribution is -0.123. The molecule has 0 heterocycles. The van der Waals surface area contributed by atoms with E-state index >= 15 is 0 Å². The number of nitrogens with one attached hydrogen (secondary N) is 2. The Morgan fingerprint density at radius 1 is 1.22 bits per heavy atom. The van der Waals surface area contributed by atoms with Crippen LogP contribution in [0.4, 0.5) is 5.69 Å². The second-order valence-electron chi connectivity index (χ2n) is 5.04. The van der Waals surface area contributed by atoms with Gasteiger partial charge in [0.15, 0.2) is 0 Å². The van der Waals surface area contributed by atoms with Crippen LogP contribution in [0.15, 0.2) is 18.2 Å². The van der Waals surface area contributed by atoms with Crippen molar-refractivity contribution in [2.75, 3.05) is 45.7 Å². The van der Waals surface area contributed by atoms with Crippen molar-refractivity contribution in [1.29, 1.82) is 0 Å². The first-order valence-electron chi connectivity index (χ1n) is 7.11. The number of rotatable bonds is 9. The van der Waals surface area contributed by atoms with Crippen LogP contribution in [0.3, 0.4) is 0 Å². The van der Waals surface area contributed by atoms with Gasteiger partial charge in [0.2, 0.25) is 11.8 Å². The molecule has 1 aromatic carbocycles. The molecule has 0 aromatic heterocycles. The molecule has 0 unspecified atom stereocenters. The molecule has 0 aliphatic heterocycles. The van der Waals surface area contributed by atoms with Crippen molar-refractivity contribution in [2.24, 2.45) is 0 Å². The molecule has 8 heteroatoms. The van der Waals surface area contributed by atoms with Gasteiger partial charge in [0.25, 0.3) is 0 Å². The first-order valence-corrected chi connectivity index (χ1v) is 7.87. The smallest absolute Gasteiger partial charge is 0.238 e. The molecule has 0 aliphatic carbocycles. The molecule has 0 fully saturated rings. The Balaban J connectivity index is 2.34. The average molecular weight is 362 g/mol. The van der Waals surface area contributed by atoms with E-state index in [1.807, 2.05) is 0 Å². The first kappa shape index (κ1) is 19.7. The van der Waals surface area contributed by atoms with Gasteiger partial charge in [-0.05, 0) is 31.7 Å². The van der Waals surface area contributed by atoms with Crippen LogP contribution in [0.1, 0.15) is 6.42 Å². The van der Waals surface area contributed by atoms with Crippen molar-refractivity contribution >= 4 is 40.7 Å². The normalized spacial score (nSPS) is 10.7. The summed E-state index contributed by atoms with van der Waals surface area (Å²) in [4.78, 5) is 25.3. The molecule has 0 aliphatic rings. The zero-order valence-electron chi connectivity index (χ0n) is 13.2. The molecule has 128 valence electrons. The molecular formula is C15H21Cl2N3O3. The number of hydrogen-bond acceptors (Lipinski definition) is 4. The van der Waals surface area contributed by atoms with Crippen molar-refractivity contribution in [3.63, 3.8) is 0 Å². The summed E-state index contributed by atoms with van der Waals surface area (Å²) in [6.45, 7) is 1.35. The molecule has 2 N–H and O–H groups in total. The minimum atomic E-state index is -0.260. The highest BCUT2D eigenvalue weighted by atomic mass is 35.5. The number of methoxy groups -OCH3 is 1. The van der Waals surface area contributed by atoms with Crippen LogP contribution in [-0.4, -0.2) is 57.1 Å². The number of carbonyl (C=O) groups is 2. The third-order valence-electron chi connectivity index (χ3n) is 2.88. The highest BCUT2D eigenvalue weighted by molar-refractivity contribution is 6.36. The number of nitrogens with zero attached hydrogens (tertiary/aromatic N) is 1. The molecule has 1 rings (SSSR count). The second kappa shape index (κ2) is 10.4. The Kier molecular flexibility index (Phi) is 8.94. The maximum atomic E-state index is 11.9. The molecule has 0 saturated heterocycles. The SMILES string of the molecule is COCCCNC(=O)CN(C)CC(=O)Nc1ccc(Cl)cc1Cl. The summed E-state index contributed by atoms with van der Waals surface area (Å²) >= 11 is 11.8. The summed E-state index contributed by atoms with van der Waals surface area (Å²) in [6, 6.07) is 4.82. The number of carbonyl (C=O) groups excluding carboxylic acids is 2. The van der Waals surface area contributed by atoms with Crippen molar-refractivity contribution in [2.45, 2.75) is 6.42 Å². The van der Waals surface area contributed by atoms with Crippen LogP contribution >= 0.6 is 23.2 Å². The number of hydrogen-bond donors (Lipinski definition) is 2. The number of anilines is 1. The zero-order chi connectivity index (χ0) is 17.2. The fourth-order valence-corrected chi connectivity index (χ4v) is 2.28. The number of likely N-dealkylation sites (N-methyl/N-ethyl adjacent to an activating group) is 1. The van der Waals surface area contributed by atoms with Gasteiger partial charge in [-0.3, -0.25) is 14.5 Å². The van der Waals surface area contributed by atoms with E-state index in [0.717, 1.165) is 6.42 Å². The van der Waals surface area contributed by atoms with Crippen LogP contribution in [0, 0.1) is 0 Å². The first-order chi connectivity index (χ1) is 10.9. The van der Waals surface area contributed by atoms with Crippen molar-refractivity contribution in [3.8, 4) is 0 Å². The highest BCUT2D eigenvalue weighted by Crippen LogP contribution is 2.25. The Bertz CT molecular complexity index is 541. The summed E-state index contributed by atoms with van der Waals surface area (Å²) in [5, 5.41) is 6.30. The van der Waals surface area contributed by atoms with E-state index in [1.54, 1.807) is 37.3 Å². The van der Waals surface area contributed by atoms with Crippen LogP contribution in [-0.2, 0) is 14.3 Å². The van der Waals surface area contributed by atoms with Crippen molar-refractivity contribution < 1.29 is 14.3 Å². The van der Waals surface area contributed by atoms with Crippen LogP contribution in [0.2, 0.25) is 10.0 Å². The van der Waals surface area contributed by atoms with E-state index in [-0.39, 0.29) is 24.9 Å². The van der Waals surface area contributed by atoms with Gasteiger partial charge in [0, 0.05) is 25.3 Å². The number of benzene rings is 1. The highest BCUT2D eigenvalue weighted by Gasteiger charge is 2.12. The van der Waals surface area contributed by atoms with Crippen molar-refractivity contribution in [1.82, 2.24) is 10.2 Å². The molecule has 6 nitrogen and oxygen atoms in total. The monoisotopic (exact) mass is 361 g/mol. The summed E-state index contributed by atoms with van der Waals surface area (Å²) in [7, 11) is 3.30. The maximum Gasteiger partial charge on any atom is 0.238 e. The predicted octanol–water partition coefficient (Wildman–Crippen LogP) is 2.02. The summed E-state index contributed by atoms with van der Waals surface area (Å²) in [5.74, 6) is -0.398. The van der Waals surface area contributed by atoms with Gasteiger partial charge in [-0.15, -0.1) is 0 Å². The molecule has 0 radical (unpaired) electrons. The van der Waals surface area contributed by atoms with Gasteiger partial charge >= 0.3 is 0 Å². The van der Waals surface area contributed by atoms with Gasteiger partial charge in [-0.2, -0.15) is 0 Å². The lowest BCUT2D eigenvalue weighted by Crippen LogP contribution is -2.39. The van der Waals surface area contributed by atoms with Gasteiger partial charge in [0.05, 0.1) is 23.8 Å². The minimum Gasteiger partial charge on any atom is -0.385 e. The van der Waals surface area contributed by atoms with E-state index < -0.39 is 0 Å². The third-order valence-corrected chi connectivity index (χ3v) is 3.43. The topological polar surface area (TPSA) is 70.7 Å². The predicted molar refractivity (Wildman–Crippen MR) is 92.1 cm³/mol. The van der Waals surface area contributed by atoms with Crippen molar-refractivity contribution in [3.05, 3.63) is 28.2 Å². The van der Waals surface area contributed by atoms with E-state index in [4.69, 9.17) is 27.9 Å². The number of halogens is 2.